The van der Waals surface area contributed by atoms with Gasteiger partial charge in [-0.05, 0) is 54.7 Å². The topological polar surface area (TPSA) is 202 Å². The summed E-state index contributed by atoms with van der Waals surface area (Å²) in [5.74, 6) is -0.115. The molecule has 0 spiro atoms. The molecule has 3 fully saturated rings. The molecule has 2 saturated heterocycles. The van der Waals surface area contributed by atoms with E-state index in [0.717, 1.165) is 40.6 Å². The van der Waals surface area contributed by atoms with Gasteiger partial charge in [0, 0.05) is 74.8 Å². The summed E-state index contributed by atoms with van der Waals surface area (Å²) < 4.78 is 12.2. The van der Waals surface area contributed by atoms with Crippen molar-refractivity contribution in [1.82, 2.24) is 35.7 Å². The number of likely N-dealkylation sites (tertiary alicyclic amines) is 1. The van der Waals surface area contributed by atoms with Gasteiger partial charge in [-0.15, -0.1) is 11.3 Å². The van der Waals surface area contributed by atoms with Crippen molar-refractivity contribution in [3.8, 4) is 22.3 Å². The van der Waals surface area contributed by atoms with Crippen molar-refractivity contribution in [2.45, 2.75) is 105 Å². The number of anilines is 1. The molecule has 4 atom stereocenters. The number of β-amino-alcohol motifs (C(OH)–C–C–N with tert-alkyl or cyclic N) is 1. The van der Waals surface area contributed by atoms with Crippen LogP contribution in [0.5, 0.6) is 5.75 Å². The highest BCUT2D eigenvalue weighted by molar-refractivity contribution is 7.13. The maximum atomic E-state index is 14.1. The largest absolute Gasteiger partial charge is 0.489 e. The first kappa shape index (κ1) is 52.2. The molecule has 0 radical (unpaired) electrons. The molecule has 0 bridgehead atoms. The number of nitrogens with one attached hydrogen (secondary N) is 3. The van der Waals surface area contributed by atoms with E-state index in [-0.39, 0.29) is 49.6 Å². The van der Waals surface area contributed by atoms with Crippen LogP contribution >= 0.6 is 22.9 Å². The molecule has 2 aliphatic heterocycles. The van der Waals surface area contributed by atoms with Crippen LogP contribution in [-0.4, -0.2) is 131 Å². The minimum Gasteiger partial charge on any atom is -0.489 e. The third-order valence-electron chi connectivity index (χ3n) is 14.0. The van der Waals surface area contributed by atoms with Crippen molar-refractivity contribution >= 4 is 52.4 Å². The summed E-state index contributed by atoms with van der Waals surface area (Å²) in [6, 6.07) is 16.3. The Morgan fingerprint density at radius 1 is 0.986 bits per heavy atom. The molecule has 4 heterocycles. The minimum atomic E-state index is -0.966. The van der Waals surface area contributed by atoms with Crippen molar-refractivity contribution in [2.75, 3.05) is 57.4 Å². The van der Waals surface area contributed by atoms with Gasteiger partial charge in [0.15, 0.2) is 0 Å². The number of benzene rings is 2. The summed E-state index contributed by atoms with van der Waals surface area (Å²) in [7, 11) is 0. The summed E-state index contributed by atoms with van der Waals surface area (Å²) in [5, 5.41) is 29.4. The van der Waals surface area contributed by atoms with Gasteiger partial charge >= 0.3 is 0 Å². The molecule has 1 saturated carbocycles. The molecule has 1 aliphatic carbocycles. The standard InChI is InChI=1S/C52H66ClN9O7S/c1-31(33-10-12-34(13-11-33)43-32(2)56-30-70-43)57-46(66)40-24-37(63)28-62(40)47(67)44(50(3,4)5)58-42(64)29-68-23-22-60-18-20-61(21-19-60)41-17-15-36(27-55-41)45(65)59-48-51(6,7)49(52(48,8)9)69-38-16-14-35(26-54)39(53)25-38/h10-17,25,27,30-31,37,40,44,48-49,63H,18-24,28-29H2,1-9H3,(H,57,66)(H,58,64)(H,59,65)/t31-,37+,40?,44+,48?,49?/m0/s1. The zero-order chi connectivity index (χ0) is 50.7. The van der Waals surface area contributed by atoms with Crippen molar-refractivity contribution in [1.29, 1.82) is 5.26 Å². The van der Waals surface area contributed by atoms with Crippen molar-refractivity contribution in [2.24, 2.45) is 16.2 Å². The third-order valence-corrected chi connectivity index (χ3v) is 15.3. The van der Waals surface area contributed by atoms with E-state index >= 15 is 0 Å². The van der Waals surface area contributed by atoms with Gasteiger partial charge in [0.25, 0.3) is 5.91 Å². The number of thiazole rings is 1. The van der Waals surface area contributed by atoms with Gasteiger partial charge in [0.05, 0.1) is 51.0 Å². The molecule has 70 heavy (non-hydrogen) atoms. The van der Waals surface area contributed by atoms with Gasteiger partial charge in [-0.3, -0.25) is 24.1 Å². The summed E-state index contributed by atoms with van der Waals surface area (Å²) in [4.78, 5) is 70.4. The van der Waals surface area contributed by atoms with Crippen LogP contribution in [0.3, 0.4) is 0 Å². The van der Waals surface area contributed by atoms with Crippen LogP contribution in [0.25, 0.3) is 10.4 Å². The highest BCUT2D eigenvalue weighted by Crippen LogP contribution is 2.55. The van der Waals surface area contributed by atoms with Gasteiger partial charge in [0.1, 0.15) is 42.4 Å². The minimum absolute atomic E-state index is 0.0190. The predicted octanol–water partition coefficient (Wildman–Crippen LogP) is 6.16. The van der Waals surface area contributed by atoms with E-state index in [2.05, 4.69) is 69.5 Å². The summed E-state index contributed by atoms with van der Waals surface area (Å²) >= 11 is 7.83. The second-order valence-corrected chi connectivity index (χ2v) is 22.2. The highest BCUT2D eigenvalue weighted by Gasteiger charge is 2.64. The molecule has 2 aromatic heterocycles. The molecule has 1 unspecified atom stereocenters. The number of nitriles is 1. The predicted molar refractivity (Wildman–Crippen MR) is 269 cm³/mol. The number of carbonyl (C=O) groups excluding carboxylic acids is 4. The van der Waals surface area contributed by atoms with E-state index in [9.17, 15) is 29.5 Å². The zero-order valence-electron chi connectivity index (χ0n) is 41.5. The molecule has 4 amide bonds. The molecule has 3 aliphatic rings. The van der Waals surface area contributed by atoms with E-state index in [1.165, 1.54) is 4.90 Å². The van der Waals surface area contributed by atoms with Gasteiger partial charge in [-0.2, -0.15) is 5.26 Å². The Labute approximate surface area is 420 Å². The number of piperazine rings is 1. The van der Waals surface area contributed by atoms with Crippen LogP contribution in [0.15, 0.2) is 66.3 Å². The number of rotatable bonds is 16. The van der Waals surface area contributed by atoms with Crippen molar-refractivity contribution < 1.29 is 33.8 Å². The average molecular weight is 997 g/mol. The number of aryl methyl sites for hydroxylation is 1. The first-order valence-corrected chi connectivity index (χ1v) is 25.1. The number of aliphatic hydroxyl groups is 1. The molecular weight excluding hydrogens is 930 g/mol. The Morgan fingerprint density at radius 2 is 1.69 bits per heavy atom. The fourth-order valence-electron chi connectivity index (χ4n) is 10.3. The average Bonchev–Trinajstić information content (AvgIpc) is 3.95. The van der Waals surface area contributed by atoms with Crippen molar-refractivity contribution in [3.63, 3.8) is 0 Å². The monoisotopic (exact) mass is 995 g/mol. The van der Waals surface area contributed by atoms with Crippen LogP contribution < -0.4 is 25.6 Å². The number of halogens is 1. The normalized spacial score (nSPS) is 21.7. The lowest BCUT2D eigenvalue weighted by atomic mass is 9.49. The number of aliphatic hydroxyl groups excluding tert-OH is 1. The van der Waals surface area contributed by atoms with Crippen LogP contribution in [-0.2, 0) is 19.1 Å². The SMILES string of the molecule is Cc1ncsc1-c1ccc([C@H](C)NC(=O)C2C[C@@H](O)CN2C(=O)[C@@H](NC(=O)COCCN2CCN(c3ccc(C(=O)NC4C(C)(C)C(Oc5ccc(C#N)c(Cl)c5)C4(C)C)cn3)CC2)C(C)(C)C)cc1. The van der Waals surface area contributed by atoms with E-state index in [0.29, 0.717) is 48.1 Å². The van der Waals surface area contributed by atoms with Gasteiger partial charge < -0.3 is 40.3 Å². The van der Waals surface area contributed by atoms with Crippen LogP contribution in [0.2, 0.25) is 5.02 Å². The molecular formula is C52H66ClN9O7S. The number of hydrogen-bond acceptors (Lipinski definition) is 13. The summed E-state index contributed by atoms with van der Waals surface area (Å²) in [6.45, 7) is 21.2. The number of nitrogens with zero attached hydrogens (tertiary/aromatic N) is 6. The lowest BCUT2D eigenvalue weighted by Crippen LogP contribution is -2.74. The van der Waals surface area contributed by atoms with Crippen LogP contribution in [0.4, 0.5) is 5.82 Å². The van der Waals surface area contributed by atoms with E-state index < -0.39 is 46.2 Å². The number of hydrogen-bond donors (Lipinski definition) is 4. The van der Waals surface area contributed by atoms with E-state index in [1.807, 2.05) is 70.5 Å². The van der Waals surface area contributed by atoms with Crippen molar-refractivity contribution in [3.05, 3.63) is 93.7 Å². The fourth-order valence-corrected chi connectivity index (χ4v) is 11.3. The number of aromatic nitrogens is 2. The van der Waals surface area contributed by atoms with Gasteiger partial charge in [-0.1, -0.05) is 84.3 Å². The molecule has 16 nitrogen and oxygen atoms in total. The molecule has 18 heteroatoms. The Kier molecular flexibility index (Phi) is 15.9. The fraction of sp³-hybridized carbons (Fsp3) is 0.519. The highest BCUT2D eigenvalue weighted by atomic mass is 35.5. The quantitative estimate of drug-likeness (QED) is 0.0934. The summed E-state index contributed by atoms with van der Waals surface area (Å²) in [6.07, 6.45) is 0.599. The lowest BCUT2D eigenvalue weighted by molar-refractivity contribution is -0.164. The smallest absolute Gasteiger partial charge is 0.253 e. The van der Waals surface area contributed by atoms with Gasteiger partial charge in [0.2, 0.25) is 17.7 Å². The number of carbonyl (C=O) groups is 4. The van der Waals surface area contributed by atoms with Gasteiger partial charge in [-0.25, -0.2) is 9.97 Å². The van der Waals surface area contributed by atoms with E-state index in [4.69, 9.17) is 21.1 Å². The number of pyridine rings is 1. The number of ether oxygens (including phenoxy) is 2. The Balaban J connectivity index is 0.831. The molecule has 2 aromatic carbocycles. The molecule has 374 valence electrons. The lowest BCUT2D eigenvalue weighted by Gasteiger charge is -2.63. The first-order chi connectivity index (χ1) is 33.1. The molecule has 4 N–H and O–H groups in total. The van der Waals surface area contributed by atoms with Crippen LogP contribution in [0, 0.1) is 34.5 Å². The maximum Gasteiger partial charge on any atom is 0.253 e. The second-order valence-electron chi connectivity index (χ2n) is 21.0. The third kappa shape index (κ3) is 11.6. The Bertz CT molecular complexity index is 2550. The zero-order valence-corrected chi connectivity index (χ0v) is 43.1. The molecule has 4 aromatic rings. The van der Waals surface area contributed by atoms with E-state index in [1.54, 1.807) is 41.8 Å². The summed E-state index contributed by atoms with van der Waals surface area (Å²) in [5.41, 5.74) is 4.06. The first-order valence-electron chi connectivity index (χ1n) is 23.9. The second kappa shape index (κ2) is 21.4. The maximum absolute atomic E-state index is 14.1. The number of amides is 4. The van der Waals surface area contributed by atoms with Crippen LogP contribution in [0.1, 0.15) is 95.0 Å². The Hall–Kier alpha value is -5.64. The molecule has 7 rings (SSSR count). The Morgan fingerprint density at radius 3 is 2.29 bits per heavy atom.